The fourth-order valence-electron chi connectivity index (χ4n) is 1.85. The van der Waals surface area contributed by atoms with Crippen molar-refractivity contribution < 1.29 is 13.7 Å². The largest absolute Gasteiger partial charge is 0.307 e. The Kier molecular flexibility index (Phi) is 3.29. The van der Waals surface area contributed by atoms with E-state index >= 15 is 0 Å². The summed E-state index contributed by atoms with van der Waals surface area (Å²) in [5, 5.41) is 24.6. The first-order chi connectivity index (χ1) is 10.1. The number of nitrogens with one attached hydrogen (secondary N) is 1. The van der Waals surface area contributed by atoms with Crippen LogP contribution in [0.1, 0.15) is 18.7 Å². The summed E-state index contributed by atoms with van der Waals surface area (Å²) in [4.78, 5) is 9.81. The van der Waals surface area contributed by atoms with Crippen LogP contribution in [0.15, 0.2) is 12.1 Å². The highest BCUT2D eigenvalue weighted by Crippen LogP contribution is 2.24. The van der Waals surface area contributed by atoms with E-state index in [0.29, 0.717) is 24.5 Å². The maximum atomic E-state index is 13.8. The maximum absolute atomic E-state index is 13.8. The molecule has 0 atom stereocenters. The standard InChI is InChI=1S/C11H10F2N6O2/c12-7-3-8(13)10(19(20)21)4-9(7)18-11(15-16-17-18)5-14-6-1-2-6/h3-4,6,14H,1-2,5H2. The van der Waals surface area contributed by atoms with Gasteiger partial charge in [0, 0.05) is 18.2 Å². The van der Waals surface area contributed by atoms with Gasteiger partial charge in [-0.05, 0) is 23.3 Å². The normalized spacial score (nSPS) is 14.4. The zero-order valence-corrected chi connectivity index (χ0v) is 10.7. The smallest absolute Gasteiger partial charge is 0.307 e. The molecule has 2 aromatic rings. The number of tetrazole rings is 1. The van der Waals surface area contributed by atoms with Crippen LogP contribution >= 0.6 is 0 Å². The lowest BCUT2D eigenvalue weighted by molar-refractivity contribution is -0.387. The number of nitrogens with zero attached hydrogens (tertiary/aromatic N) is 5. The fourth-order valence-corrected chi connectivity index (χ4v) is 1.85. The molecule has 0 radical (unpaired) electrons. The van der Waals surface area contributed by atoms with Gasteiger partial charge in [-0.25, -0.2) is 4.39 Å². The molecular weight excluding hydrogens is 286 g/mol. The summed E-state index contributed by atoms with van der Waals surface area (Å²) in [5.74, 6) is -1.92. The first kappa shape index (κ1) is 13.5. The quantitative estimate of drug-likeness (QED) is 0.655. The molecule has 1 aliphatic rings. The van der Waals surface area contributed by atoms with Crippen LogP contribution in [-0.4, -0.2) is 31.2 Å². The monoisotopic (exact) mass is 296 g/mol. The number of halogens is 2. The van der Waals surface area contributed by atoms with E-state index in [9.17, 15) is 18.9 Å². The minimum absolute atomic E-state index is 0.263. The summed E-state index contributed by atoms with van der Waals surface area (Å²) in [5.41, 5.74) is -1.09. The number of hydrogen-bond acceptors (Lipinski definition) is 6. The predicted molar refractivity (Wildman–Crippen MR) is 65.6 cm³/mol. The second-order valence-electron chi connectivity index (χ2n) is 4.67. The summed E-state index contributed by atoms with van der Waals surface area (Å²) in [6.45, 7) is 0.294. The van der Waals surface area contributed by atoms with Crippen LogP contribution in [-0.2, 0) is 6.54 Å². The highest BCUT2D eigenvalue weighted by molar-refractivity contribution is 5.45. The number of hydrogen-bond donors (Lipinski definition) is 1. The number of nitro benzene ring substituents is 1. The van der Waals surface area contributed by atoms with E-state index in [0.717, 1.165) is 23.6 Å². The van der Waals surface area contributed by atoms with E-state index in [4.69, 9.17) is 0 Å². The Bertz CT molecular complexity index is 700. The molecule has 110 valence electrons. The van der Waals surface area contributed by atoms with Crippen LogP contribution in [0.4, 0.5) is 14.5 Å². The Hall–Kier alpha value is -2.49. The van der Waals surface area contributed by atoms with Crippen molar-refractivity contribution in [2.24, 2.45) is 0 Å². The second kappa shape index (κ2) is 5.13. The molecule has 0 saturated heterocycles. The lowest BCUT2D eigenvalue weighted by Crippen LogP contribution is -2.19. The van der Waals surface area contributed by atoms with E-state index in [-0.39, 0.29) is 5.69 Å². The maximum Gasteiger partial charge on any atom is 0.307 e. The van der Waals surface area contributed by atoms with E-state index < -0.39 is 22.2 Å². The third kappa shape index (κ3) is 2.70. The zero-order chi connectivity index (χ0) is 15.0. The molecule has 1 aromatic carbocycles. The van der Waals surface area contributed by atoms with Gasteiger partial charge in [0.15, 0.2) is 11.6 Å². The summed E-state index contributed by atoms with van der Waals surface area (Å²) < 4.78 is 28.2. The van der Waals surface area contributed by atoms with E-state index in [1.54, 1.807) is 0 Å². The van der Waals surface area contributed by atoms with E-state index in [1.165, 1.54) is 0 Å². The predicted octanol–water partition coefficient (Wildman–Crippen LogP) is 1.10. The Morgan fingerprint density at radius 3 is 2.81 bits per heavy atom. The molecule has 3 rings (SSSR count). The zero-order valence-electron chi connectivity index (χ0n) is 10.7. The summed E-state index contributed by atoms with van der Waals surface area (Å²) in [6.07, 6.45) is 2.11. The van der Waals surface area contributed by atoms with Gasteiger partial charge in [0.1, 0.15) is 5.69 Å². The first-order valence-corrected chi connectivity index (χ1v) is 6.20. The van der Waals surface area contributed by atoms with Crippen LogP contribution < -0.4 is 5.32 Å². The molecule has 0 bridgehead atoms. The average Bonchev–Trinajstić information content (AvgIpc) is 3.14. The number of benzene rings is 1. The van der Waals surface area contributed by atoms with Crippen LogP contribution in [0.3, 0.4) is 0 Å². The Balaban J connectivity index is 1.97. The molecule has 0 aliphatic heterocycles. The van der Waals surface area contributed by atoms with Gasteiger partial charge in [0.25, 0.3) is 0 Å². The minimum atomic E-state index is -1.24. The molecule has 1 heterocycles. The molecular formula is C11H10F2N6O2. The highest BCUT2D eigenvalue weighted by Gasteiger charge is 2.24. The summed E-state index contributed by atoms with van der Waals surface area (Å²) in [7, 11) is 0. The van der Waals surface area contributed by atoms with Crippen LogP contribution in [0, 0.1) is 21.7 Å². The molecule has 1 fully saturated rings. The Morgan fingerprint density at radius 2 is 2.14 bits per heavy atom. The van der Waals surface area contributed by atoms with Crippen molar-refractivity contribution in [2.75, 3.05) is 0 Å². The number of rotatable bonds is 5. The Labute approximate surface area is 116 Å². The topological polar surface area (TPSA) is 98.8 Å². The van der Waals surface area contributed by atoms with Crippen molar-refractivity contribution in [3.05, 3.63) is 39.7 Å². The van der Waals surface area contributed by atoms with E-state index in [2.05, 4.69) is 20.8 Å². The van der Waals surface area contributed by atoms with Crippen LogP contribution in [0.2, 0.25) is 0 Å². The van der Waals surface area contributed by atoms with Crippen molar-refractivity contribution >= 4 is 5.69 Å². The lowest BCUT2D eigenvalue weighted by Gasteiger charge is -2.06. The molecule has 0 spiro atoms. The molecule has 1 aromatic heterocycles. The Morgan fingerprint density at radius 1 is 1.38 bits per heavy atom. The molecule has 1 aliphatic carbocycles. The molecule has 0 amide bonds. The fraction of sp³-hybridized carbons (Fsp3) is 0.364. The van der Waals surface area contributed by atoms with Crippen molar-refractivity contribution in [3.63, 3.8) is 0 Å². The van der Waals surface area contributed by atoms with Crippen LogP contribution in [0.25, 0.3) is 5.69 Å². The first-order valence-electron chi connectivity index (χ1n) is 6.20. The van der Waals surface area contributed by atoms with Gasteiger partial charge in [-0.3, -0.25) is 10.1 Å². The SMILES string of the molecule is O=[N+]([O-])c1cc(-n2nnnc2CNC2CC2)c(F)cc1F. The van der Waals surface area contributed by atoms with E-state index in [1.807, 2.05) is 0 Å². The third-order valence-electron chi connectivity index (χ3n) is 3.10. The molecule has 10 heteroatoms. The van der Waals surface area contributed by atoms with Gasteiger partial charge in [0.2, 0.25) is 5.82 Å². The summed E-state index contributed by atoms with van der Waals surface area (Å²) in [6, 6.07) is 1.62. The average molecular weight is 296 g/mol. The molecule has 1 saturated carbocycles. The van der Waals surface area contributed by atoms with Crippen molar-refractivity contribution in [1.82, 2.24) is 25.5 Å². The van der Waals surface area contributed by atoms with Gasteiger partial charge < -0.3 is 5.32 Å². The molecule has 8 nitrogen and oxygen atoms in total. The number of nitro groups is 1. The van der Waals surface area contributed by atoms with Crippen molar-refractivity contribution in [3.8, 4) is 5.69 Å². The number of aromatic nitrogens is 4. The third-order valence-corrected chi connectivity index (χ3v) is 3.10. The highest BCUT2D eigenvalue weighted by atomic mass is 19.1. The molecule has 0 unspecified atom stereocenters. The van der Waals surface area contributed by atoms with Gasteiger partial charge in [-0.2, -0.15) is 9.07 Å². The minimum Gasteiger partial charge on any atom is -0.307 e. The van der Waals surface area contributed by atoms with Crippen molar-refractivity contribution in [2.45, 2.75) is 25.4 Å². The molecule has 21 heavy (non-hydrogen) atoms. The lowest BCUT2D eigenvalue weighted by atomic mass is 10.2. The van der Waals surface area contributed by atoms with Crippen molar-refractivity contribution in [1.29, 1.82) is 0 Å². The van der Waals surface area contributed by atoms with Gasteiger partial charge in [-0.1, -0.05) is 0 Å². The second-order valence-corrected chi connectivity index (χ2v) is 4.67. The van der Waals surface area contributed by atoms with Gasteiger partial charge >= 0.3 is 5.69 Å². The van der Waals surface area contributed by atoms with Gasteiger partial charge in [0.05, 0.1) is 11.5 Å². The molecule has 1 N–H and O–H groups in total. The summed E-state index contributed by atoms with van der Waals surface area (Å²) >= 11 is 0. The van der Waals surface area contributed by atoms with Gasteiger partial charge in [-0.15, -0.1) is 5.10 Å². The van der Waals surface area contributed by atoms with Crippen LogP contribution in [0.5, 0.6) is 0 Å².